The molecule has 0 aliphatic carbocycles. The summed E-state index contributed by atoms with van der Waals surface area (Å²) in [5.74, 6) is -1.65. The van der Waals surface area contributed by atoms with Gasteiger partial charge in [-0.1, -0.05) is 30.3 Å². The predicted octanol–water partition coefficient (Wildman–Crippen LogP) is 2.72. The summed E-state index contributed by atoms with van der Waals surface area (Å²) >= 11 is 0. The van der Waals surface area contributed by atoms with Crippen LogP contribution in [0.15, 0.2) is 77.8 Å². The van der Waals surface area contributed by atoms with E-state index in [1.165, 1.54) is 42.0 Å². The third-order valence-corrected chi connectivity index (χ3v) is 7.02. The predicted molar refractivity (Wildman–Crippen MR) is 146 cm³/mol. The molecule has 0 fully saturated rings. The third-order valence-electron chi connectivity index (χ3n) is 5.67. The van der Waals surface area contributed by atoms with Gasteiger partial charge >= 0.3 is 0 Å². The van der Waals surface area contributed by atoms with Crippen molar-refractivity contribution in [3.63, 3.8) is 0 Å². The zero-order chi connectivity index (χ0) is 28.1. The van der Waals surface area contributed by atoms with Gasteiger partial charge in [0.1, 0.15) is 5.69 Å². The Morgan fingerprint density at radius 3 is 2.15 bits per heavy atom. The van der Waals surface area contributed by atoms with Crippen LogP contribution in [0.25, 0.3) is 0 Å². The molecule has 0 bridgehead atoms. The standard InChI is InChI=1S/C28H32N4O6S/c1-2-38-19-18-30-28(35)25-16-13-23(20-31-25)27(34)32-39(36,37)24-14-11-22(12-15-24)26(33)29-17-7-6-10-21-8-4-3-5-9-21/h3-5,8-9,11-16,20H,2,6-7,10,17-19H2,1H3,(H,29,33)(H,30,35)(H,32,34). The van der Waals surface area contributed by atoms with Crippen molar-refractivity contribution < 1.29 is 27.5 Å². The second-order valence-corrected chi connectivity index (χ2v) is 10.2. The summed E-state index contributed by atoms with van der Waals surface area (Å²) in [5.41, 5.74) is 1.60. The highest BCUT2D eigenvalue weighted by Gasteiger charge is 2.20. The van der Waals surface area contributed by atoms with Gasteiger partial charge < -0.3 is 15.4 Å². The lowest BCUT2D eigenvalue weighted by Crippen LogP contribution is -2.31. The highest BCUT2D eigenvalue weighted by atomic mass is 32.2. The molecule has 3 rings (SSSR count). The summed E-state index contributed by atoms with van der Waals surface area (Å²) < 4.78 is 32.5. The lowest BCUT2D eigenvalue weighted by molar-refractivity contribution is 0.0914. The van der Waals surface area contributed by atoms with E-state index in [1.54, 1.807) is 0 Å². The molecule has 39 heavy (non-hydrogen) atoms. The second-order valence-electron chi connectivity index (χ2n) is 8.54. The van der Waals surface area contributed by atoms with E-state index >= 15 is 0 Å². The van der Waals surface area contributed by atoms with E-state index in [0.29, 0.717) is 31.9 Å². The van der Waals surface area contributed by atoms with Crippen molar-refractivity contribution >= 4 is 27.7 Å². The number of amides is 3. The SMILES string of the molecule is CCOCCNC(=O)c1ccc(C(=O)NS(=O)(=O)c2ccc(C(=O)NCCCCc3ccccc3)cc2)cn1. The van der Waals surface area contributed by atoms with Gasteiger partial charge in [-0.3, -0.25) is 19.4 Å². The number of carbonyl (C=O) groups excluding carboxylic acids is 3. The van der Waals surface area contributed by atoms with Crippen molar-refractivity contribution in [1.82, 2.24) is 20.3 Å². The summed E-state index contributed by atoms with van der Waals surface area (Å²) in [6.07, 6.45) is 3.80. The van der Waals surface area contributed by atoms with Crippen LogP contribution in [0.3, 0.4) is 0 Å². The van der Waals surface area contributed by atoms with Crippen molar-refractivity contribution in [3.8, 4) is 0 Å². The number of hydrogen-bond donors (Lipinski definition) is 3. The maximum atomic E-state index is 12.7. The quantitative estimate of drug-likeness (QED) is 0.261. The molecule has 10 nitrogen and oxygen atoms in total. The van der Waals surface area contributed by atoms with Gasteiger partial charge in [0, 0.05) is 31.5 Å². The summed E-state index contributed by atoms with van der Waals surface area (Å²) in [6, 6.07) is 18.0. The van der Waals surface area contributed by atoms with Crippen molar-refractivity contribution in [3.05, 3.63) is 95.3 Å². The molecule has 0 spiro atoms. The molecular weight excluding hydrogens is 520 g/mol. The number of nitrogens with zero attached hydrogens (tertiary/aromatic N) is 1. The first kappa shape index (κ1) is 29.5. The van der Waals surface area contributed by atoms with E-state index in [1.807, 2.05) is 29.8 Å². The summed E-state index contributed by atoms with van der Waals surface area (Å²) in [5, 5.41) is 5.45. The summed E-state index contributed by atoms with van der Waals surface area (Å²) in [4.78, 5) is 40.7. The van der Waals surface area contributed by atoms with Crippen LogP contribution in [0, 0.1) is 0 Å². The van der Waals surface area contributed by atoms with Gasteiger partial charge in [-0.25, -0.2) is 13.1 Å². The fourth-order valence-corrected chi connectivity index (χ4v) is 4.54. The van der Waals surface area contributed by atoms with E-state index in [2.05, 4.69) is 27.8 Å². The number of rotatable bonds is 14. The zero-order valence-electron chi connectivity index (χ0n) is 21.7. The molecule has 3 N–H and O–H groups in total. The maximum absolute atomic E-state index is 12.7. The normalized spacial score (nSPS) is 11.0. The first-order valence-electron chi connectivity index (χ1n) is 12.6. The average molecular weight is 553 g/mol. The molecule has 0 aliphatic heterocycles. The topological polar surface area (TPSA) is 144 Å². The van der Waals surface area contributed by atoms with Crippen molar-refractivity contribution in [2.75, 3.05) is 26.3 Å². The highest BCUT2D eigenvalue weighted by molar-refractivity contribution is 7.90. The molecule has 0 radical (unpaired) electrons. The van der Waals surface area contributed by atoms with Crippen molar-refractivity contribution in [2.24, 2.45) is 0 Å². The molecule has 0 aliphatic rings. The largest absolute Gasteiger partial charge is 0.380 e. The lowest BCUT2D eigenvalue weighted by atomic mass is 10.1. The minimum Gasteiger partial charge on any atom is -0.380 e. The third kappa shape index (κ3) is 9.31. The number of sulfonamides is 1. The second kappa shape index (κ2) is 14.7. The molecule has 1 heterocycles. The minimum atomic E-state index is -4.20. The lowest BCUT2D eigenvalue weighted by Gasteiger charge is -2.09. The Hall–Kier alpha value is -4.09. The van der Waals surface area contributed by atoms with E-state index in [-0.39, 0.29) is 22.1 Å². The number of ether oxygens (including phenoxy) is 1. The molecule has 2 aromatic carbocycles. The first-order valence-corrected chi connectivity index (χ1v) is 14.1. The van der Waals surface area contributed by atoms with Gasteiger partial charge in [-0.05, 0) is 68.1 Å². The molecule has 3 aromatic rings. The molecule has 3 amide bonds. The Morgan fingerprint density at radius 1 is 0.795 bits per heavy atom. The number of nitrogens with one attached hydrogen (secondary N) is 3. The molecule has 206 valence electrons. The fourth-order valence-electron chi connectivity index (χ4n) is 3.56. The smallest absolute Gasteiger partial charge is 0.269 e. The first-order chi connectivity index (χ1) is 18.8. The van der Waals surface area contributed by atoms with E-state index < -0.39 is 21.8 Å². The van der Waals surface area contributed by atoms with Crippen LogP contribution < -0.4 is 15.4 Å². The Labute approximate surface area is 228 Å². The number of unbranched alkanes of at least 4 members (excludes halogenated alkanes) is 1. The van der Waals surface area contributed by atoms with Crippen LogP contribution in [-0.2, 0) is 21.2 Å². The number of carbonyl (C=O) groups is 3. The summed E-state index contributed by atoms with van der Waals surface area (Å²) in [7, 11) is -4.20. The Balaban J connectivity index is 1.48. The van der Waals surface area contributed by atoms with Crippen LogP contribution in [0.1, 0.15) is 56.5 Å². The molecule has 1 aromatic heterocycles. The van der Waals surface area contributed by atoms with Crippen LogP contribution in [0.5, 0.6) is 0 Å². The fraction of sp³-hybridized carbons (Fsp3) is 0.286. The Morgan fingerprint density at radius 2 is 1.49 bits per heavy atom. The highest BCUT2D eigenvalue weighted by Crippen LogP contribution is 2.12. The summed E-state index contributed by atoms with van der Waals surface area (Å²) in [6.45, 7) is 3.56. The monoisotopic (exact) mass is 552 g/mol. The van der Waals surface area contributed by atoms with Gasteiger partial charge in [-0.2, -0.15) is 0 Å². The van der Waals surface area contributed by atoms with E-state index in [9.17, 15) is 22.8 Å². The van der Waals surface area contributed by atoms with Gasteiger partial charge in [0.25, 0.3) is 27.7 Å². The van der Waals surface area contributed by atoms with Crippen molar-refractivity contribution in [1.29, 1.82) is 0 Å². The van der Waals surface area contributed by atoms with Crippen LogP contribution in [0.4, 0.5) is 0 Å². The van der Waals surface area contributed by atoms with Crippen LogP contribution in [-0.4, -0.2) is 57.4 Å². The van der Waals surface area contributed by atoms with Crippen LogP contribution >= 0.6 is 0 Å². The average Bonchev–Trinajstić information content (AvgIpc) is 2.95. The molecule has 11 heteroatoms. The molecular formula is C28H32N4O6S. The van der Waals surface area contributed by atoms with Gasteiger partial charge in [-0.15, -0.1) is 0 Å². The van der Waals surface area contributed by atoms with Crippen LogP contribution in [0.2, 0.25) is 0 Å². The molecule has 0 atom stereocenters. The zero-order valence-corrected chi connectivity index (χ0v) is 22.5. The minimum absolute atomic E-state index is 0.0345. The number of benzene rings is 2. The van der Waals surface area contributed by atoms with Gasteiger partial charge in [0.2, 0.25) is 0 Å². The van der Waals surface area contributed by atoms with Gasteiger partial charge in [0.15, 0.2) is 0 Å². The number of hydrogen-bond acceptors (Lipinski definition) is 7. The molecule has 0 saturated carbocycles. The van der Waals surface area contributed by atoms with Gasteiger partial charge in [0.05, 0.1) is 17.1 Å². The number of aryl methyl sites for hydroxylation is 1. The van der Waals surface area contributed by atoms with E-state index in [0.717, 1.165) is 25.5 Å². The Bertz CT molecular complexity index is 1350. The van der Waals surface area contributed by atoms with Crippen molar-refractivity contribution in [2.45, 2.75) is 31.1 Å². The number of aromatic nitrogens is 1. The molecule has 0 unspecified atom stereocenters. The maximum Gasteiger partial charge on any atom is 0.269 e. The number of pyridine rings is 1. The molecule has 0 saturated heterocycles. The Kier molecular flexibility index (Phi) is 11.1. The van der Waals surface area contributed by atoms with E-state index in [4.69, 9.17) is 4.74 Å².